The zero-order valence-electron chi connectivity index (χ0n) is 10.4. The van der Waals surface area contributed by atoms with Crippen LogP contribution in [0.4, 0.5) is 11.4 Å². The van der Waals surface area contributed by atoms with Gasteiger partial charge >= 0.3 is 5.97 Å². The number of hydrogen-bond acceptors (Lipinski definition) is 6. The maximum atomic E-state index is 11.0. The van der Waals surface area contributed by atoms with Gasteiger partial charge in [0.2, 0.25) is 0 Å². The second-order valence-corrected chi connectivity index (χ2v) is 4.03. The highest BCUT2D eigenvalue weighted by Crippen LogP contribution is 2.25. The molecule has 2 aromatic rings. The molecule has 0 saturated heterocycles. The van der Waals surface area contributed by atoms with Crippen LogP contribution in [0, 0.1) is 20.2 Å². The van der Waals surface area contributed by atoms with Crippen LogP contribution in [0.25, 0.3) is 0 Å². The molecular weight excluding hydrogens is 284 g/mol. The fraction of sp³-hybridized carbons (Fsp3) is 0.0909. The van der Waals surface area contributed by atoms with Gasteiger partial charge in [-0.25, -0.2) is 4.79 Å². The number of carboxylic acids is 1. The van der Waals surface area contributed by atoms with Crippen molar-refractivity contribution in [2.24, 2.45) is 0 Å². The number of carboxylic acid groups (broad SMARTS) is 1. The van der Waals surface area contributed by atoms with E-state index in [1.807, 2.05) is 0 Å². The first-order chi connectivity index (χ1) is 9.88. The predicted molar refractivity (Wildman–Crippen MR) is 68.0 cm³/mol. The van der Waals surface area contributed by atoms with Crippen molar-refractivity contribution >= 4 is 17.3 Å². The van der Waals surface area contributed by atoms with E-state index in [0.29, 0.717) is 0 Å². The molecule has 0 spiro atoms. The lowest BCUT2D eigenvalue weighted by atomic mass is 10.1. The largest absolute Gasteiger partial charge is 0.476 e. The Hall–Kier alpha value is -3.30. The van der Waals surface area contributed by atoms with Gasteiger partial charge in [-0.2, -0.15) is 5.10 Å². The standard InChI is InChI=1S/C11H8N4O6/c16-11(17)9-3-4-13(12-9)6-7-1-2-8(14(18)19)5-10(7)15(20)21/h1-5H,6H2,(H,16,17). The number of carbonyl (C=O) groups is 1. The van der Waals surface area contributed by atoms with Crippen LogP contribution in [0.5, 0.6) is 0 Å². The molecule has 0 aliphatic rings. The van der Waals surface area contributed by atoms with Crippen LogP contribution < -0.4 is 0 Å². The molecule has 1 aromatic heterocycles. The summed E-state index contributed by atoms with van der Waals surface area (Å²) in [5, 5.41) is 34.1. The van der Waals surface area contributed by atoms with E-state index in [2.05, 4.69) is 5.10 Å². The molecule has 0 atom stereocenters. The first kappa shape index (κ1) is 14.1. The minimum Gasteiger partial charge on any atom is -0.476 e. The molecule has 10 nitrogen and oxygen atoms in total. The van der Waals surface area contributed by atoms with E-state index in [-0.39, 0.29) is 17.8 Å². The third-order valence-corrected chi connectivity index (χ3v) is 2.67. The highest BCUT2D eigenvalue weighted by atomic mass is 16.6. The highest BCUT2D eigenvalue weighted by molar-refractivity contribution is 5.85. The van der Waals surface area contributed by atoms with Gasteiger partial charge in [-0.3, -0.25) is 24.9 Å². The first-order valence-corrected chi connectivity index (χ1v) is 5.57. The summed E-state index contributed by atoms with van der Waals surface area (Å²) in [5.41, 5.74) is -0.820. The SMILES string of the molecule is O=C(O)c1ccn(Cc2ccc([N+](=O)[O-])cc2[N+](=O)[O-])n1. The number of hydrogen-bond donors (Lipinski definition) is 1. The molecule has 10 heteroatoms. The van der Waals surface area contributed by atoms with Crippen LogP contribution >= 0.6 is 0 Å². The van der Waals surface area contributed by atoms with Crippen LogP contribution in [0.2, 0.25) is 0 Å². The third-order valence-electron chi connectivity index (χ3n) is 2.67. The summed E-state index contributed by atoms with van der Waals surface area (Å²) in [6, 6.07) is 4.50. The average molecular weight is 292 g/mol. The Morgan fingerprint density at radius 3 is 2.48 bits per heavy atom. The van der Waals surface area contributed by atoms with Gasteiger partial charge in [0.05, 0.1) is 28.0 Å². The zero-order valence-corrected chi connectivity index (χ0v) is 10.4. The molecular formula is C11H8N4O6. The lowest BCUT2D eigenvalue weighted by Gasteiger charge is -2.03. The van der Waals surface area contributed by atoms with Gasteiger partial charge in [0.25, 0.3) is 11.4 Å². The lowest BCUT2D eigenvalue weighted by Crippen LogP contribution is -2.06. The number of benzene rings is 1. The van der Waals surface area contributed by atoms with Crippen LogP contribution in [0.15, 0.2) is 30.5 Å². The van der Waals surface area contributed by atoms with Crippen molar-refractivity contribution in [3.63, 3.8) is 0 Å². The van der Waals surface area contributed by atoms with Crippen molar-refractivity contribution in [2.75, 3.05) is 0 Å². The molecule has 21 heavy (non-hydrogen) atoms. The quantitative estimate of drug-likeness (QED) is 0.649. The molecule has 0 radical (unpaired) electrons. The van der Waals surface area contributed by atoms with Gasteiger partial charge in [-0.05, 0) is 12.1 Å². The monoisotopic (exact) mass is 292 g/mol. The lowest BCUT2D eigenvalue weighted by molar-refractivity contribution is -0.394. The van der Waals surface area contributed by atoms with Crippen LogP contribution in [0.3, 0.4) is 0 Å². The summed E-state index contributed by atoms with van der Waals surface area (Å²) in [4.78, 5) is 30.8. The van der Waals surface area contributed by atoms with Gasteiger partial charge < -0.3 is 5.11 Å². The molecule has 0 bridgehead atoms. The Labute approximate surface area is 116 Å². The van der Waals surface area contributed by atoms with E-state index < -0.39 is 27.2 Å². The van der Waals surface area contributed by atoms with E-state index in [9.17, 15) is 25.0 Å². The summed E-state index contributed by atoms with van der Waals surface area (Å²) in [6.45, 7) is -0.0679. The van der Waals surface area contributed by atoms with Gasteiger partial charge in [0, 0.05) is 12.3 Å². The molecule has 1 aromatic carbocycles. The minimum absolute atomic E-state index is 0.0679. The molecule has 0 unspecified atom stereocenters. The zero-order chi connectivity index (χ0) is 15.6. The molecule has 1 heterocycles. The predicted octanol–water partition coefficient (Wildman–Crippen LogP) is 1.45. The normalized spacial score (nSPS) is 10.3. The maximum Gasteiger partial charge on any atom is 0.356 e. The van der Waals surface area contributed by atoms with Crippen molar-refractivity contribution in [1.82, 2.24) is 9.78 Å². The number of nitrogens with zero attached hydrogens (tertiary/aromatic N) is 4. The smallest absolute Gasteiger partial charge is 0.356 e. The number of nitro benzene ring substituents is 2. The average Bonchev–Trinajstić information content (AvgIpc) is 2.87. The van der Waals surface area contributed by atoms with E-state index in [1.165, 1.54) is 23.0 Å². The van der Waals surface area contributed by atoms with Gasteiger partial charge in [0.1, 0.15) is 0 Å². The van der Waals surface area contributed by atoms with Crippen LogP contribution in [-0.4, -0.2) is 30.7 Å². The molecule has 108 valence electrons. The number of aromatic carboxylic acids is 1. The molecule has 2 rings (SSSR count). The summed E-state index contributed by atoms with van der Waals surface area (Å²) in [5.74, 6) is -1.22. The summed E-state index contributed by atoms with van der Waals surface area (Å²) < 4.78 is 1.21. The van der Waals surface area contributed by atoms with Gasteiger partial charge in [-0.1, -0.05) is 0 Å². The highest BCUT2D eigenvalue weighted by Gasteiger charge is 2.20. The molecule has 0 amide bonds. The van der Waals surface area contributed by atoms with Gasteiger partial charge in [-0.15, -0.1) is 0 Å². The van der Waals surface area contributed by atoms with E-state index in [0.717, 1.165) is 12.1 Å². The maximum absolute atomic E-state index is 11.0. The van der Waals surface area contributed by atoms with E-state index in [1.54, 1.807) is 0 Å². The Bertz CT molecular complexity index is 738. The first-order valence-electron chi connectivity index (χ1n) is 5.57. The Morgan fingerprint density at radius 2 is 1.95 bits per heavy atom. The van der Waals surface area contributed by atoms with Crippen molar-refractivity contribution in [1.29, 1.82) is 0 Å². The third kappa shape index (κ3) is 3.00. The van der Waals surface area contributed by atoms with Crippen LogP contribution in [0.1, 0.15) is 16.1 Å². The molecule has 0 saturated carbocycles. The van der Waals surface area contributed by atoms with Crippen molar-refractivity contribution in [3.8, 4) is 0 Å². The van der Waals surface area contributed by atoms with E-state index in [4.69, 9.17) is 5.11 Å². The van der Waals surface area contributed by atoms with Crippen molar-refractivity contribution in [2.45, 2.75) is 6.54 Å². The van der Waals surface area contributed by atoms with Crippen molar-refractivity contribution < 1.29 is 19.7 Å². The Morgan fingerprint density at radius 1 is 1.24 bits per heavy atom. The topological polar surface area (TPSA) is 141 Å². The number of rotatable bonds is 5. The number of non-ortho nitro benzene ring substituents is 1. The van der Waals surface area contributed by atoms with Gasteiger partial charge in [0.15, 0.2) is 5.69 Å². The Kier molecular flexibility index (Phi) is 3.61. The van der Waals surface area contributed by atoms with Crippen molar-refractivity contribution in [3.05, 3.63) is 61.9 Å². The summed E-state index contributed by atoms with van der Waals surface area (Å²) in [6.07, 6.45) is 1.36. The molecule has 0 aliphatic carbocycles. The second kappa shape index (κ2) is 5.36. The summed E-state index contributed by atoms with van der Waals surface area (Å²) in [7, 11) is 0. The van der Waals surface area contributed by atoms with Crippen LogP contribution in [-0.2, 0) is 6.54 Å². The molecule has 1 N–H and O–H groups in total. The molecule has 0 aliphatic heterocycles. The molecule has 0 fully saturated rings. The summed E-state index contributed by atoms with van der Waals surface area (Å²) >= 11 is 0. The second-order valence-electron chi connectivity index (χ2n) is 4.03. The number of aromatic nitrogens is 2. The van der Waals surface area contributed by atoms with E-state index >= 15 is 0 Å². The minimum atomic E-state index is -1.22. The fourth-order valence-electron chi connectivity index (χ4n) is 1.71. The Balaban J connectivity index is 2.36. The number of nitro groups is 2. The fourth-order valence-corrected chi connectivity index (χ4v) is 1.71.